The van der Waals surface area contributed by atoms with Gasteiger partial charge >= 0.3 is 0 Å². The quantitative estimate of drug-likeness (QED) is 0.483. The fourth-order valence-corrected chi connectivity index (χ4v) is 4.00. The minimum atomic E-state index is 0.506. The van der Waals surface area contributed by atoms with Crippen LogP contribution in [0.4, 0.5) is 0 Å². The zero-order valence-corrected chi connectivity index (χ0v) is 15.8. The third kappa shape index (κ3) is 5.80. The highest BCUT2D eigenvalue weighted by atomic mass is 32.2. The van der Waals surface area contributed by atoms with Crippen LogP contribution in [0.1, 0.15) is 16.3 Å². The largest absolute Gasteiger partial charge is 0.497 e. The first-order valence-corrected chi connectivity index (χ1v) is 10.2. The molecule has 25 heavy (non-hydrogen) atoms. The molecule has 3 rings (SSSR count). The van der Waals surface area contributed by atoms with Crippen molar-refractivity contribution in [1.82, 2.24) is 4.98 Å². The number of thioether (sulfide) groups is 1. The lowest BCUT2D eigenvalue weighted by Crippen LogP contribution is -1.95. The second-order valence-corrected chi connectivity index (χ2v) is 7.53. The molecule has 1 heterocycles. The number of benzene rings is 2. The van der Waals surface area contributed by atoms with E-state index in [2.05, 4.69) is 40.7 Å². The van der Waals surface area contributed by atoms with Crippen molar-refractivity contribution in [3.63, 3.8) is 0 Å². The third-order valence-electron chi connectivity index (χ3n) is 3.65. The number of thiazole rings is 1. The van der Waals surface area contributed by atoms with Gasteiger partial charge in [-0.1, -0.05) is 30.3 Å². The Morgan fingerprint density at radius 2 is 1.76 bits per heavy atom. The summed E-state index contributed by atoms with van der Waals surface area (Å²) < 4.78 is 10.9. The van der Waals surface area contributed by atoms with Crippen molar-refractivity contribution in [2.24, 2.45) is 0 Å². The summed E-state index contributed by atoms with van der Waals surface area (Å²) >= 11 is 3.58. The van der Waals surface area contributed by atoms with Gasteiger partial charge in [-0.3, -0.25) is 0 Å². The Balaban J connectivity index is 1.39. The third-order valence-corrected chi connectivity index (χ3v) is 5.51. The molecule has 0 bridgehead atoms. The standard InChI is InChI=1S/C20H21NO2S2/c1-22-18-7-9-19(10-8-18)23-13-20-21-17(15-25-20)14-24-12-11-16-5-3-2-4-6-16/h2-10,15H,11-14H2,1H3. The minimum Gasteiger partial charge on any atom is -0.497 e. The topological polar surface area (TPSA) is 31.4 Å². The van der Waals surface area contributed by atoms with Crippen molar-refractivity contribution in [3.05, 3.63) is 76.2 Å². The van der Waals surface area contributed by atoms with E-state index in [0.717, 1.165) is 40.1 Å². The molecule has 0 atom stereocenters. The van der Waals surface area contributed by atoms with Crippen molar-refractivity contribution in [2.45, 2.75) is 18.8 Å². The van der Waals surface area contributed by atoms with E-state index in [1.807, 2.05) is 36.0 Å². The average Bonchev–Trinajstić information content (AvgIpc) is 3.13. The fraction of sp³-hybridized carbons (Fsp3) is 0.250. The highest BCUT2D eigenvalue weighted by molar-refractivity contribution is 7.98. The smallest absolute Gasteiger partial charge is 0.140 e. The van der Waals surface area contributed by atoms with Gasteiger partial charge < -0.3 is 9.47 Å². The van der Waals surface area contributed by atoms with Crippen LogP contribution in [-0.2, 0) is 18.8 Å². The molecule has 0 saturated carbocycles. The molecule has 5 heteroatoms. The second kappa shape index (κ2) is 9.49. The molecule has 0 amide bonds. The van der Waals surface area contributed by atoms with E-state index in [9.17, 15) is 0 Å². The SMILES string of the molecule is COc1ccc(OCc2nc(CSCCc3ccccc3)cs2)cc1. The van der Waals surface area contributed by atoms with Gasteiger partial charge in [0.15, 0.2) is 0 Å². The van der Waals surface area contributed by atoms with Crippen molar-refractivity contribution in [2.75, 3.05) is 12.9 Å². The molecule has 0 spiro atoms. The molecule has 0 aliphatic carbocycles. The highest BCUT2D eigenvalue weighted by Crippen LogP contribution is 2.21. The zero-order chi connectivity index (χ0) is 17.3. The Kier molecular flexibility index (Phi) is 6.77. The van der Waals surface area contributed by atoms with Crippen LogP contribution in [-0.4, -0.2) is 17.8 Å². The van der Waals surface area contributed by atoms with Crippen LogP contribution in [0.15, 0.2) is 60.0 Å². The summed E-state index contributed by atoms with van der Waals surface area (Å²) in [6.45, 7) is 0.506. The van der Waals surface area contributed by atoms with Crippen LogP contribution in [0, 0.1) is 0 Å². The Morgan fingerprint density at radius 3 is 2.52 bits per heavy atom. The first-order chi connectivity index (χ1) is 12.3. The summed E-state index contributed by atoms with van der Waals surface area (Å²) in [5.41, 5.74) is 2.53. The van der Waals surface area contributed by atoms with Gasteiger partial charge in [0.05, 0.1) is 12.8 Å². The molecule has 3 nitrogen and oxygen atoms in total. The van der Waals surface area contributed by atoms with Crippen molar-refractivity contribution in [1.29, 1.82) is 0 Å². The van der Waals surface area contributed by atoms with Gasteiger partial charge in [0.1, 0.15) is 23.1 Å². The molecule has 3 aromatic rings. The molecular weight excluding hydrogens is 350 g/mol. The van der Waals surface area contributed by atoms with E-state index in [0.29, 0.717) is 6.61 Å². The number of hydrogen-bond donors (Lipinski definition) is 0. The van der Waals surface area contributed by atoms with Gasteiger partial charge in [0.25, 0.3) is 0 Å². The van der Waals surface area contributed by atoms with Crippen LogP contribution < -0.4 is 9.47 Å². The van der Waals surface area contributed by atoms with E-state index in [-0.39, 0.29) is 0 Å². The Morgan fingerprint density at radius 1 is 1.00 bits per heavy atom. The number of methoxy groups -OCH3 is 1. The lowest BCUT2D eigenvalue weighted by Gasteiger charge is -2.05. The molecular formula is C20H21NO2S2. The van der Waals surface area contributed by atoms with Crippen molar-refractivity contribution < 1.29 is 9.47 Å². The monoisotopic (exact) mass is 371 g/mol. The zero-order valence-electron chi connectivity index (χ0n) is 14.2. The lowest BCUT2D eigenvalue weighted by atomic mass is 10.2. The van der Waals surface area contributed by atoms with Gasteiger partial charge in [-0.05, 0) is 42.0 Å². The van der Waals surface area contributed by atoms with Gasteiger partial charge in [-0.15, -0.1) is 11.3 Å². The second-order valence-electron chi connectivity index (χ2n) is 5.48. The maximum Gasteiger partial charge on any atom is 0.140 e. The normalized spacial score (nSPS) is 10.6. The predicted molar refractivity (Wildman–Crippen MR) is 106 cm³/mol. The van der Waals surface area contributed by atoms with Crippen molar-refractivity contribution >= 4 is 23.1 Å². The molecule has 2 aromatic carbocycles. The summed E-state index contributed by atoms with van der Waals surface area (Å²) in [6.07, 6.45) is 1.10. The maximum absolute atomic E-state index is 5.77. The highest BCUT2D eigenvalue weighted by Gasteiger charge is 2.04. The molecule has 0 radical (unpaired) electrons. The summed E-state index contributed by atoms with van der Waals surface area (Å²) in [6, 6.07) is 18.2. The van der Waals surface area contributed by atoms with Gasteiger partial charge in [0, 0.05) is 11.1 Å². The van der Waals surface area contributed by atoms with Gasteiger partial charge in [0.2, 0.25) is 0 Å². The van der Waals surface area contributed by atoms with E-state index >= 15 is 0 Å². The Bertz CT molecular complexity index is 757. The molecule has 130 valence electrons. The summed E-state index contributed by atoms with van der Waals surface area (Å²) in [4.78, 5) is 4.65. The molecule has 0 aliphatic rings. The average molecular weight is 372 g/mol. The van der Waals surface area contributed by atoms with E-state index in [1.54, 1.807) is 18.4 Å². The van der Waals surface area contributed by atoms with Gasteiger partial charge in [-0.2, -0.15) is 11.8 Å². The summed E-state index contributed by atoms with van der Waals surface area (Å²) in [5.74, 6) is 3.72. The van der Waals surface area contributed by atoms with Crippen molar-refractivity contribution in [3.8, 4) is 11.5 Å². The molecule has 0 saturated heterocycles. The van der Waals surface area contributed by atoms with Crippen LogP contribution in [0.5, 0.6) is 11.5 Å². The lowest BCUT2D eigenvalue weighted by molar-refractivity contribution is 0.304. The molecule has 0 aliphatic heterocycles. The molecule has 0 N–H and O–H groups in total. The van der Waals surface area contributed by atoms with Crippen LogP contribution >= 0.6 is 23.1 Å². The molecule has 1 aromatic heterocycles. The number of nitrogens with zero attached hydrogens (tertiary/aromatic N) is 1. The molecule has 0 fully saturated rings. The van der Waals surface area contributed by atoms with E-state index in [1.165, 1.54) is 5.56 Å². The van der Waals surface area contributed by atoms with Crippen LogP contribution in [0.2, 0.25) is 0 Å². The first-order valence-electron chi connectivity index (χ1n) is 8.15. The predicted octanol–water partition coefficient (Wildman–Crippen LogP) is 5.21. The number of ether oxygens (including phenoxy) is 2. The first kappa shape index (κ1) is 17.8. The fourth-order valence-electron chi connectivity index (χ4n) is 2.31. The minimum absolute atomic E-state index is 0.506. The molecule has 0 unspecified atom stereocenters. The van der Waals surface area contributed by atoms with E-state index < -0.39 is 0 Å². The van der Waals surface area contributed by atoms with Crippen LogP contribution in [0.3, 0.4) is 0 Å². The maximum atomic E-state index is 5.77. The Hall–Kier alpha value is -1.98. The summed E-state index contributed by atoms with van der Waals surface area (Å²) in [7, 11) is 1.66. The Labute approximate surface area is 157 Å². The number of aromatic nitrogens is 1. The van der Waals surface area contributed by atoms with E-state index in [4.69, 9.17) is 9.47 Å². The van der Waals surface area contributed by atoms with Gasteiger partial charge in [-0.25, -0.2) is 4.98 Å². The number of hydrogen-bond acceptors (Lipinski definition) is 5. The van der Waals surface area contributed by atoms with Crippen LogP contribution in [0.25, 0.3) is 0 Å². The summed E-state index contributed by atoms with van der Waals surface area (Å²) in [5, 5.41) is 3.14. The number of aryl methyl sites for hydroxylation is 1. The number of rotatable bonds is 9.